The highest BCUT2D eigenvalue weighted by Crippen LogP contribution is 2.29. The number of aromatic carboxylic acids is 1. The Kier molecular flexibility index (Phi) is 7.48. The van der Waals surface area contributed by atoms with Crippen LogP contribution in [-0.2, 0) is 10.0 Å². The molecule has 3 aromatic carbocycles. The number of sulfonamides is 1. The Morgan fingerprint density at radius 1 is 1.15 bits per heavy atom. The zero-order valence-corrected chi connectivity index (χ0v) is 19.8. The number of anilines is 2. The number of non-ortho nitro benzene ring substituents is 1. The van der Waals surface area contributed by atoms with Crippen LogP contribution in [0.15, 0.2) is 75.1 Å². The summed E-state index contributed by atoms with van der Waals surface area (Å²) in [5, 5.41) is 24.6. The summed E-state index contributed by atoms with van der Waals surface area (Å²) < 4.78 is 34.4. The van der Waals surface area contributed by atoms with E-state index in [0.717, 1.165) is 16.6 Å². The maximum absolute atomic E-state index is 13.1. The van der Waals surface area contributed by atoms with Crippen molar-refractivity contribution in [3.63, 3.8) is 0 Å². The molecule has 11 nitrogen and oxygen atoms in total. The van der Waals surface area contributed by atoms with Gasteiger partial charge in [0.1, 0.15) is 10.6 Å². The van der Waals surface area contributed by atoms with E-state index in [-0.39, 0.29) is 16.9 Å². The predicted octanol–water partition coefficient (Wildman–Crippen LogP) is 4.31. The first-order chi connectivity index (χ1) is 16.1. The number of carboxylic acid groups (broad SMARTS) is 1. The number of methoxy groups -OCH3 is 1. The zero-order chi connectivity index (χ0) is 24.9. The van der Waals surface area contributed by atoms with Gasteiger partial charge in [-0.1, -0.05) is 28.1 Å². The minimum absolute atomic E-state index is 0.0730. The predicted molar refractivity (Wildman–Crippen MR) is 129 cm³/mol. The van der Waals surface area contributed by atoms with Crippen molar-refractivity contribution in [2.24, 2.45) is 5.10 Å². The number of rotatable bonds is 9. The Bertz CT molecular complexity index is 1390. The number of hydrogen-bond donors (Lipinski definition) is 3. The third-order valence-corrected chi connectivity index (χ3v) is 6.35. The second kappa shape index (κ2) is 10.3. The molecule has 0 atom stereocenters. The van der Waals surface area contributed by atoms with Gasteiger partial charge in [-0.25, -0.2) is 13.2 Å². The lowest BCUT2D eigenvalue weighted by Crippen LogP contribution is -2.17. The van der Waals surface area contributed by atoms with Crippen molar-refractivity contribution in [2.45, 2.75) is 4.90 Å². The van der Waals surface area contributed by atoms with Crippen molar-refractivity contribution in [3.05, 3.63) is 86.4 Å². The highest BCUT2D eigenvalue weighted by Gasteiger charge is 2.24. The van der Waals surface area contributed by atoms with Crippen LogP contribution in [0.3, 0.4) is 0 Å². The van der Waals surface area contributed by atoms with E-state index in [1.807, 2.05) is 0 Å². The molecule has 176 valence electrons. The van der Waals surface area contributed by atoms with Crippen LogP contribution in [0, 0.1) is 10.1 Å². The summed E-state index contributed by atoms with van der Waals surface area (Å²) in [6.45, 7) is 0. The molecule has 0 heterocycles. The van der Waals surface area contributed by atoms with Gasteiger partial charge in [-0.2, -0.15) is 5.10 Å². The zero-order valence-electron chi connectivity index (χ0n) is 17.4. The maximum atomic E-state index is 13.1. The summed E-state index contributed by atoms with van der Waals surface area (Å²) in [5.41, 5.74) is 2.11. The molecule has 3 N–H and O–H groups in total. The molecule has 0 amide bonds. The Balaban J connectivity index is 2.00. The van der Waals surface area contributed by atoms with Crippen molar-refractivity contribution >= 4 is 55.2 Å². The molecule has 0 aliphatic heterocycles. The Morgan fingerprint density at radius 2 is 1.88 bits per heavy atom. The molecule has 0 aliphatic carbocycles. The van der Waals surface area contributed by atoms with Crippen LogP contribution >= 0.6 is 15.9 Å². The summed E-state index contributed by atoms with van der Waals surface area (Å²) in [5.74, 6) is -0.833. The highest BCUT2D eigenvalue weighted by molar-refractivity contribution is 9.10. The largest absolute Gasteiger partial charge is 0.496 e. The average molecular weight is 549 g/mol. The summed E-state index contributed by atoms with van der Waals surface area (Å²) >= 11 is 3.34. The number of para-hydroxylation sites is 1. The van der Waals surface area contributed by atoms with E-state index >= 15 is 0 Å². The molecule has 0 aliphatic rings. The van der Waals surface area contributed by atoms with Gasteiger partial charge in [0.2, 0.25) is 0 Å². The summed E-state index contributed by atoms with van der Waals surface area (Å²) in [4.78, 5) is 21.4. The molecule has 3 rings (SSSR count). The first-order valence-corrected chi connectivity index (χ1v) is 11.7. The van der Waals surface area contributed by atoms with Crippen LogP contribution in [0.1, 0.15) is 15.9 Å². The molecule has 0 radical (unpaired) electrons. The second-order valence-electron chi connectivity index (χ2n) is 6.65. The topological polar surface area (TPSA) is 160 Å². The van der Waals surface area contributed by atoms with E-state index < -0.39 is 31.5 Å². The first kappa shape index (κ1) is 24.7. The number of carboxylic acids is 1. The third kappa shape index (κ3) is 5.68. The minimum Gasteiger partial charge on any atom is -0.496 e. The van der Waals surface area contributed by atoms with Gasteiger partial charge >= 0.3 is 5.97 Å². The van der Waals surface area contributed by atoms with Crippen LogP contribution in [0.4, 0.5) is 17.1 Å². The number of ether oxygens (including phenoxy) is 1. The third-order valence-electron chi connectivity index (χ3n) is 4.45. The molecular formula is C21H17BrN4O7S. The van der Waals surface area contributed by atoms with Crippen LogP contribution < -0.4 is 14.9 Å². The van der Waals surface area contributed by atoms with Gasteiger partial charge in [0.15, 0.2) is 0 Å². The summed E-state index contributed by atoms with van der Waals surface area (Å²) in [6.07, 6.45) is 1.38. The number of hydrazone groups is 1. The van der Waals surface area contributed by atoms with Crippen molar-refractivity contribution in [1.82, 2.24) is 0 Å². The fourth-order valence-electron chi connectivity index (χ4n) is 2.88. The number of nitro benzene ring substituents is 1. The fourth-order valence-corrected chi connectivity index (χ4v) is 4.51. The van der Waals surface area contributed by atoms with E-state index in [1.165, 1.54) is 43.7 Å². The average Bonchev–Trinajstić information content (AvgIpc) is 2.79. The molecule has 0 fully saturated rings. The van der Waals surface area contributed by atoms with Gasteiger partial charge in [0, 0.05) is 22.2 Å². The standard InChI is InChI=1S/C21H17BrN4O7S/c1-33-19-9-6-14(22)10-13(19)12-23-24-18-8-7-15(26(29)30)11-20(18)34(31,32)25-17-5-3-2-4-16(17)21(27)28/h2-12,24-25H,1H3,(H,27,28). The molecule has 3 aromatic rings. The molecule has 0 saturated heterocycles. The number of nitrogens with one attached hydrogen (secondary N) is 2. The number of hydrogen-bond acceptors (Lipinski definition) is 8. The lowest BCUT2D eigenvalue weighted by Gasteiger charge is -2.13. The van der Waals surface area contributed by atoms with Crippen molar-refractivity contribution in [2.75, 3.05) is 17.3 Å². The normalized spacial score (nSPS) is 11.2. The molecule has 13 heteroatoms. The van der Waals surface area contributed by atoms with Crippen molar-refractivity contribution in [3.8, 4) is 5.75 Å². The molecule has 34 heavy (non-hydrogen) atoms. The molecule has 0 aromatic heterocycles. The highest BCUT2D eigenvalue weighted by atomic mass is 79.9. The van der Waals surface area contributed by atoms with E-state index in [1.54, 1.807) is 18.2 Å². The molecule has 0 saturated carbocycles. The van der Waals surface area contributed by atoms with Gasteiger partial charge < -0.3 is 9.84 Å². The first-order valence-electron chi connectivity index (χ1n) is 9.38. The van der Waals surface area contributed by atoms with Gasteiger partial charge in [-0.15, -0.1) is 0 Å². The molecule has 0 bridgehead atoms. The number of nitrogens with zero attached hydrogens (tertiary/aromatic N) is 2. The number of benzene rings is 3. The monoisotopic (exact) mass is 548 g/mol. The van der Waals surface area contributed by atoms with Gasteiger partial charge in [0.05, 0.1) is 35.2 Å². The van der Waals surface area contributed by atoms with E-state index in [9.17, 15) is 28.4 Å². The van der Waals surface area contributed by atoms with E-state index in [0.29, 0.717) is 11.3 Å². The molecular weight excluding hydrogens is 532 g/mol. The van der Waals surface area contributed by atoms with Gasteiger partial charge in [-0.05, 0) is 36.4 Å². The van der Waals surface area contributed by atoms with Crippen LogP contribution in [0.2, 0.25) is 0 Å². The van der Waals surface area contributed by atoms with Crippen LogP contribution in [0.5, 0.6) is 5.75 Å². The Labute approximate surface area is 202 Å². The number of nitro groups is 1. The SMILES string of the molecule is COc1ccc(Br)cc1C=NNc1ccc([N+](=O)[O-])cc1S(=O)(=O)Nc1ccccc1C(=O)O. The summed E-state index contributed by atoms with van der Waals surface area (Å²) in [7, 11) is -2.98. The molecule has 0 spiro atoms. The Hall–Kier alpha value is -3.97. The van der Waals surface area contributed by atoms with Crippen LogP contribution in [0.25, 0.3) is 0 Å². The van der Waals surface area contributed by atoms with Gasteiger partial charge in [0.25, 0.3) is 15.7 Å². The van der Waals surface area contributed by atoms with Crippen molar-refractivity contribution in [1.29, 1.82) is 0 Å². The summed E-state index contributed by atoms with van der Waals surface area (Å²) in [6, 6.07) is 13.7. The second-order valence-corrected chi connectivity index (χ2v) is 9.22. The lowest BCUT2D eigenvalue weighted by atomic mass is 10.2. The smallest absolute Gasteiger partial charge is 0.337 e. The van der Waals surface area contributed by atoms with E-state index in [4.69, 9.17) is 4.74 Å². The maximum Gasteiger partial charge on any atom is 0.337 e. The van der Waals surface area contributed by atoms with E-state index in [2.05, 4.69) is 31.2 Å². The lowest BCUT2D eigenvalue weighted by molar-refractivity contribution is -0.385. The number of carbonyl (C=O) groups is 1. The fraction of sp³-hybridized carbons (Fsp3) is 0.0476. The minimum atomic E-state index is -4.46. The van der Waals surface area contributed by atoms with Crippen molar-refractivity contribution < 1.29 is 28.0 Å². The Morgan fingerprint density at radius 3 is 2.56 bits per heavy atom. The molecule has 0 unspecified atom stereocenters. The quantitative estimate of drug-likeness (QED) is 0.202. The van der Waals surface area contributed by atoms with Gasteiger partial charge in [-0.3, -0.25) is 20.3 Å². The van der Waals surface area contributed by atoms with Crippen LogP contribution in [-0.4, -0.2) is 37.7 Å². The number of halogens is 1.